The molecule has 1 aliphatic heterocycles. The van der Waals surface area contributed by atoms with Crippen LogP contribution in [0.15, 0.2) is 17.5 Å². The lowest BCUT2D eigenvalue weighted by Gasteiger charge is -2.31. The van der Waals surface area contributed by atoms with E-state index in [9.17, 15) is 4.79 Å². The summed E-state index contributed by atoms with van der Waals surface area (Å²) in [5, 5.41) is 4.02. The summed E-state index contributed by atoms with van der Waals surface area (Å²) < 4.78 is 0. The molecule has 1 fully saturated rings. The number of carbonyl (C=O) groups is 1. The van der Waals surface area contributed by atoms with Gasteiger partial charge in [-0.2, -0.15) is 0 Å². The average molecular weight is 265 g/mol. The molecule has 0 atom stereocenters. The molecular formula is C13H19N3OS. The summed E-state index contributed by atoms with van der Waals surface area (Å²) in [6, 6.07) is 2.06. The summed E-state index contributed by atoms with van der Waals surface area (Å²) in [7, 11) is 2.10. The zero-order chi connectivity index (χ0) is 13.0. The predicted molar refractivity (Wildman–Crippen MR) is 75.3 cm³/mol. The van der Waals surface area contributed by atoms with E-state index < -0.39 is 0 Å². The van der Waals surface area contributed by atoms with Crippen molar-refractivity contribution in [1.29, 1.82) is 0 Å². The van der Waals surface area contributed by atoms with Crippen molar-refractivity contribution in [2.75, 3.05) is 33.2 Å². The first-order valence-corrected chi connectivity index (χ1v) is 6.99. The maximum atomic E-state index is 11.8. The second-order valence-electron chi connectivity index (χ2n) is 4.57. The van der Waals surface area contributed by atoms with Gasteiger partial charge >= 0.3 is 0 Å². The van der Waals surface area contributed by atoms with Crippen molar-refractivity contribution in [2.24, 2.45) is 0 Å². The van der Waals surface area contributed by atoms with Gasteiger partial charge in [0, 0.05) is 37.1 Å². The zero-order valence-corrected chi connectivity index (χ0v) is 11.7. The molecule has 0 saturated carbocycles. The molecule has 5 heteroatoms. The fourth-order valence-corrected chi connectivity index (χ4v) is 2.64. The predicted octanol–water partition coefficient (Wildman–Crippen LogP) is 1.35. The number of rotatable bonds is 3. The minimum atomic E-state index is -0.0487. The Morgan fingerprint density at radius 1 is 1.39 bits per heavy atom. The Morgan fingerprint density at radius 3 is 2.72 bits per heavy atom. The van der Waals surface area contributed by atoms with E-state index in [-0.39, 0.29) is 5.91 Å². The number of thiophene rings is 1. The van der Waals surface area contributed by atoms with Gasteiger partial charge in [0.2, 0.25) is 0 Å². The third kappa shape index (κ3) is 3.66. The number of aryl methyl sites for hydroxylation is 1. The first-order valence-electron chi connectivity index (χ1n) is 6.11. The SMILES string of the molecule is Cc1ccsc1/C=C/C(=O)NN1CCN(C)CC1. The van der Waals surface area contributed by atoms with Crippen molar-refractivity contribution in [3.63, 3.8) is 0 Å². The molecule has 18 heavy (non-hydrogen) atoms. The minimum absolute atomic E-state index is 0.0487. The van der Waals surface area contributed by atoms with Crippen molar-refractivity contribution in [3.05, 3.63) is 28.0 Å². The molecule has 0 bridgehead atoms. The quantitative estimate of drug-likeness (QED) is 0.838. The molecule has 1 N–H and O–H groups in total. The third-order valence-electron chi connectivity index (χ3n) is 3.06. The maximum Gasteiger partial charge on any atom is 0.258 e. The number of hydrazine groups is 1. The van der Waals surface area contributed by atoms with Gasteiger partial charge in [0.25, 0.3) is 5.91 Å². The fourth-order valence-electron chi connectivity index (χ4n) is 1.82. The third-order valence-corrected chi connectivity index (χ3v) is 4.04. The summed E-state index contributed by atoms with van der Waals surface area (Å²) >= 11 is 1.65. The molecule has 1 amide bonds. The lowest BCUT2D eigenvalue weighted by atomic mass is 10.3. The van der Waals surface area contributed by atoms with Crippen molar-refractivity contribution < 1.29 is 4.79 Å². The lowest BCUT2D eigenvalue weighted by molar-refractivity contribution is -0.121. The van der Waals surface area contributed by atoms with Gasteiger partial charge in [0.1, 0.15) is 0 Å². The average Bonchev–Trinajstić information content (AvgIpc) is 2.75. The Kier molecular flexibility index (Phi) is 4.52. The number of piperazine rings is 1. The van der Waals surface area contributed by atoms with E-state index in [0.29, 0.717) is 0 Å². The Hall–Kier alpha value is -1.17. The van der Waals surface area contributed by atoms with Crippen LogP contribution >= 0.6 is 11.3 Å². The summed E-state index contributed by atoms with van der Waals surface area (Å²) in [4.78, 5) is 15.2. The van der Waals surface area contributed by atoms with Crippen LogP contribution in [0.3, 0.4) is 0 Å². The molecule has 98 valence electrons. The van der Waals surface area contributed by atoms with E-state index in [1.54, 1.807) is 17.4 Å². The van der Waals surface area contributed by atoms with Crippen LogP contribution in [0.1, 0.15) is 10.4 Å². The molecule has 2 heterocycles. The molecule has 1 aliphatic rings. The van der Waals surface area contributed by atoms with E-state index in [2.05, 4.69) is 30.4 Å². The molecule has 1 saturated heterocycles. The van der Waals surface area contributed by atoms with Crippen LogP contribution in [-0.2, 0) is 4.79 Å². The molecule has 0 aliphatic carbocycles. The number of nitrogens with one attached hydrogen (secondary N) is 1. The fraction of sp³-hybridized carbons (Fsp3) is 0.462. The molecule has 1 aromatic heterocycles. The molecule has 2 rings (SSSR count). The number of hydrogen-bond donors (Lipinski definition) is 1. The smallest absolute Gasteiger partial charge is 0.258 e. The molecule has 0 radical (unpaired) electrons. The summed E-state index contributed by atoms with van der Waals surface area (Å²) in [6.45, 7) is 5.80. The van der Waals surface area contributed by atoms with Crippen LogP contribution < -0.4 is 5.43 Å². The number of carbonyl (C=O) groups excluding carboxylic acids is 1. The van der Waals surface area contributed by atoms with E-state index in [0.717, 1.165) is 31.1 Å². The van der Waals surface area contributed by atoms with Crippen LogP contribution in [0.2, 0.25) is 0 Å². The zero-order valence-electron chi connectivity index (χ0n) is 10.8. The monoisotopic (exact) mass is 265 g/mol. The lowest BCUT2D eigenvalue weighted by Crippen LogP contribution is -2.52. The van der Waals surface area contributed by atoms with Gasteiger partial charge in [-0.25, -0.2) is 5.01 Å². The number of nitrogens with zero attached hydrogens (tertiary/aromatic N) is 2. The molecule has 0 aromatic carbocycles. The molecule has 0 unspecified atom stereocenters. The number of likely N-dealkylation sites (N-methyl/N-ethyl adjacent to an activating group) is 1. The van der Waals surface area contributed by atoms with E-state index in [1.165, 1.54) is 5.56 Å². The van der Waals surface area contributed by atoms with Crippen LogP contribution in [0.25, 0.3) is 6.08 Å². The van der Waals surface area contributed by atoms with Gasteiger partial charge in [0.05, 0.1) is 0 Å². The van der Waals surface area contributed by atoms with Crippen molar-refractivity contribution >= 4 is 23.3 Å². The summed E-state index contributed by atoms with van der Waals surface area (Å²) in [6.07, 6.45) is 3.49. The normalized spacial score (nSPS) is 18.3. The van der Waals surface area contributed by atoms with Crippen LogP contribution in [-0.4, -0.2) is 49.0 Å². The van der Waals surface area contributed by atoms with Gasteiger partial charge in [-0.05, 0) is 37.1 Å². The largest absolute Gasteiger partial charge is 0.304 e. The van der Waals surface area contributed by atoms with Gasteiger partial charge in [0.15, 0.2) is 0 Å². The van der Waals surface area contributed by atoms with Gasteiger partial charge < -0.3 is 4.90 Å². The van der Waals surface area contributed by atoms with Crippen molar-refractivity contribution in [1.82, 2.24) is 15.3 Å². The highest BCUT2D eigenvalue weighted by Gasteiger charge is 2.14. The van der Waals surface area contributed by atoms with Gasteiger partial charge in [-0.1, -0.05) is 0 Å². The Morgan fingerprint density at radius 2 is 2.11 bits per heavy atom. The molecule has 4 nitrogen and oxygen atoms in total. The Bertz CT molecular complexity index is 433. The van der Waals surface area contributed by atoms with Crippen molar-refractivity contribution in [3.8, 4) is 0 Å². The van der Waals surface area contributed by atoms with E-state index in [1.807, 2.05) is 16.5 Å². The van der Waals surface area contributed by atoms with Crippen LogP contribution in [0, 0.1) is 6.92 Å². The van der Waals surface area contributed by atoms with Crippen LogP contribution in [0.5, 0.6) is 0 Å². The highest BCUT2D eigenvalue weighted by molar-refractivity contribution is 7.11. The highest BCUT2D eigenvalue weighted by atomic mass is 32.1. The minimum Gasteiger partial charge on any atom is -0.304 e. The number of hydrogen-bond acceptors (Lipinski definition) is 4. The molecular weight excluding hydrogens is 246 g/mol. The summed E-state index contributed by atoms with van der Waals surface area (Å²) in [5.74, 6) is -0.0487. The first kappa shape index (κ1) is 13.3. The summed E-state index contributed by atoms with van der Waals surface area (Å²) in [5.41, 5.74) is 4.12. The van der Waals surface area contributed by atoms with Gasteiger partial charge in [-0.15, -0.1) is 11.3 Å². The van der Waals surface area contributed by atoms with Crippen molar-refractivity contribution in [2.45, 2.75) is 6.92 Å². The Labute approximate surface area is 112 Å². The van der Waals surface area contributed by atoms with E-state index in [4.69, 9.17) is 0 Å². The second-order valence-corrected chi connectivity index (χ2v) is 5.52. The molecule has 1 aromatic rings. The van der Waals surface area contributed by atoms with Crippen LogP contribution in [0.4, 0.5) is 0 Å². The second kappa shape index (κ2) is 6.13. The number of amides is 1. The molecule has 0 spiro atoms. The van der Waals surface area contributed by atoms with Gasteiger partial charge in [-0.3, -0.25) is 10.2 Å². The highest BCUT2D eigenvalue weighted by Crippen LogP contribution is 2.16. The first-order chi connectivity index (χ1) is 8.65. The maximum absolute atomic E-state index is 11.8. The Balaban J connectivity index is 1.82. The van der Waals surface area contributed by atoms with E-state index >= 15 is 0 Å². The standard InChI is InChI=1S/C13H19N3OS/c1-11-5-10-18-12(11)3-4-13(17)14-16-8-6-15(2)7-9-16/h3-5,10H,6-9H2,1-2H3,(H,14,17)/b4-3+. The topological polar surface area (TPSA) is 35.6 Å².